The largest absolute Gasteiger partial charge is 0.388 e. The third-order valence-corrected chi connectivity index (χ3v) is 17.0. The monoisotopic (exact) mass is 1330 g/mol. The molecule has 15 atom stereocenters. The molecule has 3 aliphatic rings. The Morgan fingerprint density at radius 1 is 0.388 bits per heavy atom. The second-order valence-electron chi connectivity index (χ2n) is 24.2. The van der Waals surface area contributed by atoms with Crippen molar-refractivity contribution in [2.45, 2.75) is 152 Å². The number of nitrogens with one attached hydrogen (secondary N) is 1. The van der Waals surface area contributed by atoms with Crippen LogP contribution in [0.3, 0.4) is 0 Å². The Labute approximate surface area is 572 Å². The molecule has 2 N–H and O–H groups in total. The van der Waals surface area contributed by atoms with Gasteiger partial charge < -0.3 is 76.7 Å². The Bertz CT molecular complexity index is 3580. The number of carbonyl (C=O) groups excluding carboxylic acids is 1. The lowest BCUT2D eigenvalue weighted by atomic mass is 9.94. The fraction of sp³-hybridized carbons (Fsp3) is 0.372. The molecule has 514 valence electrons. The third-order valence-electron chi connectivity index (χ3n) is 17.0. The van der Waals surface area contributed by atoms with E-state index in [1.54, 1.807) is 0 Å². The number of aliphatic hydroxyl groups is 1. The second-order valence-corrected chi connectivity index (χ2v) is 24.2. The maximum atomic E-state index is 13.8. The topological polar surface area (TPSA) is 227 Å². The number of rotatable bonds is 36. The van der Waals surface area contributed by atoms with Crippen molar-refractivity contribution in [1.29, 1.82) is 0 Å². The van der Waals surface area contributed by atoms with Crippen molar-refractivity contribution in [2.75, 3.05) is 33.0 Å². The van der Waals surface area contributed by atoms with Gasteiger partial charge in [-0.3, -0.25) is 4.79 Å². The lowest BCUT2D eigenvalue weighted by Crippen LogP contribution is -2.69. The van der Waals surface area contributed by atoms with Crippen LogP contribution in [0.25, 0.3) is 10.4 Å². The summed E-state index contributed by atoms with van der Waals surface area (Å²) in [4.78, 5) is 16.7. The van der Waals surface area contributed by atoms with Gasteiger partial charge in [-0.1, -0.05) is 248 Å². The number of benzene rings is 8. The molecule has 20 heteroatoms. The van der Waals surface area contributed by atoms with Crippen LogP contribution in [-0.4, -0.2) is 136 Å². The molecular formula is C78H86N4O16. The van der Waals surface area contributed by atoms with Gasteiger partial charge in [-0.15, -0.1) is 0 Å². The van der Waals surface area contributed by atoms with Crippen molar-refractivity contribution < 1.29 is 76.2 Å². The van der Waals surface area contributed by atoms with Crippen LogP contribution < -0.4 is 5.32 Å². The van der Waals surface area contributed by atoms with Crippen LogP contribution in [0.4, 0.5) is 0 Å². The molecule has 3 fully saturated rings. The minimum atomic E-state index is -1.42. The van der Waals surface area contributed by atoms with Gasteiger partial charge in [0.15, 0.2) is 18.9 Å². The molecule has 3 heterocycles. The summed E-state index contributed by atoms with van der Waals surface area (Å²) in [6, 6.07) is 76.5. The molecule has 98 heavy (non-hydrogen) atoms. The van der Waals surface area contributed by atoms with Crippen LogP contribution in [0.15, 0.2) is 248 Å². The number of aliphatic hydroxyl groups excluding tert-OH is 1. The Hall–Kier alpha value is -8.06. The molecule has 1 amide bonds. The predicted octanol–water partition coefficient (Wildman–Crippen LogP) is 11.7. The lowest BCUT2D eigenvalue weighted by Gasteiger charge is -2.51. The zero-order valence-corrected chi connectivity index (χ0v) is 54.9. The van der Waals surface area contributed by atoms with E-state index in [1.165, 1.54) is 6.92 Å². The minimum absolute atomic E-state index is 0.000790. The Morgan fingerprint density at radius 2 is 0.704 bits per heavy atom. The van der Waals surface area contributed by atoms with Gasteiger partial charge in [0.2, 0.25) is 5.91 Å². The molecule has 8 aromatic carbocycles. The third kappa shape index (κ3) is 21.2. The van der Waals surface area contributed by atoms with Crippen LogP contribution in [0.5, 0.6) is 0 Å². The number of ether oxygens (including phenoxy) is 14. The first-order valence-corrected chi connectivity index (χ1v) is 33.3. The van der Waals surface area contributed by atoms with E-state index in [1.807, 2.05) is 243 Å². The van der Waals surface area contributed by atoms with Gasteiger partial charge in [-0.25, -0.2) is 0 Å². The zero-order chi connectivity index (χ0) is 67.4. The van der Waals surface area contributed by atoms with Crippen molar-refractivity contribution in [3.8, 4) is 0 Å². The highest BCUT2D eigenvalue weighted by Crippen LogP contribution is 2.39. The molecule has 0 radical (unpaired) electrons. The molecule has 8 aromatic rings. The first-order chi connectivity index (χ1) is 48.3. The molecule has 0 bridgehead atoms. The molecule has 0 aliphatic carbocycles. The molecule has 0 unspecified atom stereocenters. The van der Waals surface area contributed by atoms with Gasteiger partial charge in [0.25, 0.3) is 0 Å². The van der Waals surface area contributed by atoms with Crippen molar-refractivity contribution in [2.24, 2.45) is 5.11 Å². The van der Waals surface area contributed by atoms with E-state index in [-0.39, 0.29) is 85.8 Å². The summed E-state index contributed by atoms with van der Waals surface area (Å²) in [5.41, 5.74) is 16.3. The number of carbonyl (C=O) groups is 1. The number of hydrogen-bond acceptors (Lipinski definition) is 17. The number of hydrogen-bond donors (Lipinski definition) is 2. The summed E-state index contributed by atoms with van der Waals surface area (Å²) in [6.07, 6.45) is -16.3. The maximum absolute atomic E-state index is 13.8. The summed E-state index contributed by atoms with van der Waals surface area (Å²) in [7, 11) is 0. The summed E-state index contributed by atoms with van der Waals surface area (Å²) in [5, 5.41) is 19.4. The van der Waals surface area contributed by atoms with Gasteiger partial charge in [0.1, 0.15) is 73.2 Å². The van der Waals surface area contributed by atoms with Crippen LogP contribution in [0.2, 0.25) is 0 Å². The summed E-state index contributed by atoms with van der Waals surface area (Å²) < 4.78 is 98.6. The maximum Gasteiger partial charge on any atom is 0.217 e. The molecular weight excluding hydrogens is 1250 g/mol. The van der Waals surface area contributed by atoms with E-state index < -0.39 is 98.0 Å². The van der Waals surface area contributed by atoms with E-state index in [2.05, 4.69) is 15.3 Å². The summed E-state index contributed by atoms with van der Waals surface area (Å²) >= 11 is 0. The highest BCUT2D eigenvalue weighted by molar-refractivity contribution is 5.73. The second kappa shape index (κ2) is 38.3. The minimum Gasteiger partial charge on any atom is -0.388 e. The molecule has 3 aliphatic heterocycles. The van der Waals surface area contributed by atoms with Crippen LogP contribution >= 0.6 is 0 Å². The molecule has 0 saturated carbocycles. The summed E-state index contributed by atoms with van der Waals surface area (Å²) in [5.74, 6) is -0.441. The van der Waals surface area contributed by atoms with E-state index >= 15 is 0 Å². The van der Waals surface area contributed by atoms with Gasteiger partial charge in [-0.2, -0.15) is 0 Å². The highest BCUT2D eigenvalue weighted by atomic mass is 16.8. The Morgan fingerprint density at radius 3 is 1.10 bits per heavy atom. The van der Waals surface area contributed by atoms with E-state index in [4.69, 9.17) is 66.3 Å². The lowest BCUT2D eigenvalue weighted by molar-refractivity contribution is -0.389. The quantitative estimate of drug-likeness (QED) is 0.0161. The van der Waals surface area contributed by atoms with Gasteiger partial charge in [0.05, 0.1) is 79.3 Å². The molecule has 20 nitrogen and oxygen atoms in total. The number of azide groups is 1. The van der Waals surface area contributed by atoms with Crippen LogP contribution in [-0.2, 0) is 124 Å². The Balaban J connectivity index is 1.04. The van der Waals surface area contributed by atoms with Crippen molar-refractivity contribution in [3.63, 3.8) is 0 Å². The number of nitrogens with zero attached hydrogens (tertiary/aromatic N) is 3. The smallest absolute Gasteiger partial charge is 0.217 e. The van der Waals surface area contributed by atoms with E-state index in [0.717, 1.165) is 44.5 Å². The SMILES string of the molecule is CC(=O)N[C@H]1[C@H](O[C@H]2[C@@H](OCc3ccccc3)[C@@H](COCc3ccccc3)O[C@@H](O[C@H]3[C@H](OCc4ccccc4)[C@@H](OCc4ccccc4)[C@H](OCCN=[N+]=[N-])O[C@@H]3COCc3ccccc3)[C@@H]2OCc2ccccc2)O[C@H](COCc2ccccc2)[C@@H](O)[C@@H]1OCc1ccccc1. The number of amides is 1. The normalized spacial score (nSPS) is 25.4. The predicted molar refractivity (Wildman–Crippen MR) is 363 cm³/mol. The fourth-order valence-corrected chi connectivity index (χ4v) is 12.1. The van der Waals surface area contributed by atoms with E-state index in [0.29, 0.717) is 0 Å². The van der Waals surface area contributed by atoms with Gasteiger partial charge in [-0.05, 0) is 50.0 Å². The van der Waals surface area contributed by atoms with Crippen molar-refractivity contribution in [3.05, 3.63) is 298 Å². The average molecular weight is 1340 g/mol. The molecule has 3 saturated heterocycles. The molecule has 0 spiro atoms. The molecule has 11 rings (SSSR count). The van der Waals surface area contributed by atoms with E-state index in [9.17, 15) is 15.4 Å². The average Bonchev–Trinajstić information content (AvgIpc) is 0.783. The standard InChI is InChI=1S/C78H86N4O16/c1-55(83)81-67-71(90-48-60-34-18-6-19-35-60)68(84)64(52-85-44-56-26-10-2-11-27-56)94-76(67)98-73-69(89-47-59-32-16-5-17-33-59)65(53-86-45-57-28-12-3-13-29-57)96-78(75(73)93-51-63-40-24-9-25-41-63)97-70-66(54-87-46-58-30-14-4-15-31-58)95-77(88-43-42-80-82-79)74(92-50-62-38-22-8-23-39-62)72(70)91-49-61-36-20-7-21-37-61/h2-41,64-78,84H,42-54H2,1H3,(H,81,83)/t64-,65-,66-,67-,68-,69+,70-,71-,72+,73+,74-,75-,76+,77-,78+/m1/s1. The fourth-order valence-electron chi connectivity index (χ4n) is 12.1. The van der Waals surface area contributed by atoms with Crippen molar-refractivity contribution in [1.82, 2.24) is 5.32 Å². The first-order valence-electron chi connectivity index (χ1n) is 33.3. The van der Waals surface area contributed by atoms with Crippen molar-refractivity contribution >= 4 is 5.91 Å². The van der Waals surface area contributed by atoms with Crippen LogP contribution in [0, 0.1) is 0 Å². The Kier molecular flexibility index (Phi) is 27.9. The first kappa shape index (κ1) is 71.2. The summed E-state index contributed by atoms with van der Waals surface area (Å²) in [6.45, 7) is 2.09. The molecule has 0 aromatic heterocycles. The van der Waals surface area contributed by atoms with Gasteiger partial charge >= 0.3 is 0 Å². The van der Waals surface area contributed by atoms with Crippen LogP contribution in [0.1, 0.15) is 51.4 Å². The zero-order valence-electron chi connectivity index (χ0n) is 54.9. The van der Waals surface area contributed by atoms with Gasteiger partial charge in [0, 0.05) is 18.4 Å². The highest BCUT2D eigenvalue weighted by Gasteiger charge is 2.57.